The number of thiocarbonyl (C=S) groups is 1. The fourth-order valence-electron chi connectivity index (χ4n) is 2.61. The highest BCUT2D eigenvalue weighted by molar-refractivity contribution is 7.80. The largest absolute Gasteiger partial charge is 0.465 e. The van der Waals surface area contributed by atoms with Crippen LogP contribution in [0.1, 0.15) is 60.3 Å². The maximum absolute atomic E-state index is 12.2. The number of ether oxygens (including phenoxy) is 1. The minimum atomic E-state index is -0.270. The topological polar surface area (TPSA) is 50.4 Å². The van der Waals surface area contributed by atoms with Gasteiger partial charge in [-0.3, -0.25) is 0 Å². The van der Waals surface area contributed by atoms with Gasteiger partial charge < -0.3 is 15.4 Å². The second kappa shape index (κ2) is 7.92. The number of nitrogens with one attached hydrogen (secondary N) is 2. The molecule has 2 N–H and O–H groups in total. The number of hydrogen-bond donors (Lipinski definition) is 2. The van der Waals surface area contributed by atoms with E-state index in [0.717, 1.165) is 36.2 Å². The number of fused-ring (bicyclic) bond motifs is 1. The third kappa shape index (κ3) is 3.98. The summed E-state index contributed by atoms with van der Waals surface area (Å²) in [5.74, 6) is -0.270. The number of aryl methyl sites for hydroxylation is 1. The molecule has 0 bridgehead atoms. The molecule has 122 valence electrons. The van der Waals surface area contributed by atoms with E-state index in [9.17, 15) is 4.79 Å². The predicted octanol–water partition coefficient (Wildman–Crippen LogP) is 3.89. The first kappa shape index (κ1) is 17.2. The molecule has 0 amide bonds. The van der Waals surface area contributed by atoms with Gasteiger partial charge in [-0.05, 0) is 56.8 Å². The normalized spacial score (nSPS) is 15.4. The van der Waals surface area contributed by atoms with Gasteiger partial charge >= 0.3 is 5.97 Å². The molecule has 0 saturated carbocycles. The molecule has 1 unspecified atom stereocenters. The average molecular weight is 341 g/mol. The molecule has 1 aromatic heterocycles. The van der Waals surface area contributed by atoms with Gasteiger partial charge in [0.25, 0.3) is 0 Å². The summed E-state index contributed by atoms with van der Waals surface area (Å²) in [5.41, 5.74) is 1.83. The van der Waals surface area contributed by atoms with Crippen LogP contribution in [0.25, 0.3) is 0 Å². The molecule has 0 spiro atoms. The summed E-state index contributed by atoms with van der Waals surface area (Å²) in [6.07, 6.45) is 6.51. The van der Waals surface area contributed by atoms with E-state index in [0.29, 0.717) is 16.7 Å². The Labute approximate surface area is 141 Å². The van der Waals surface area contributed by atoms with Crippen molar-refractivity contribution < 1.29 is 9.53 Å². The monoisotopic (exact) mass is 340 g/mol. The molecule has 0 saturated heterocycles. The van der Waals surface area contributed by atoms with Crippen LogP contribution in [0.2, 0.25) is 0 Å². The van der Waals surface area contributed by atoms with Gasteiger partial charge in [0, 0.05) is 10.9 Å². The quantitative estimate of drug-likeness (QED) is 0.495. The molecule has 22 heavy (non-hydrogen) atoms. The second-order valence-corrected chi connectivity index (χ2v) is 7.18. The van der Waals surface area contributed by atoms with Crippen molar-refractivity contribution in [3.63, 3.8) is 0 Å². The molecule has 1 aliphatic rings. The highest BCUT2D eigenvalue weighted by Gasteiger charge is 2.25. The fraction of sp³-hybridized carbons (Fsp3) is 0.625. The van der Waals surface area contributed by atoms with E-state index in [-0.39, 0.29) is 5.97 Å². The number of esters is 1. The lowest BCUT2D eigenvalue weighted by molar-refractivity contribution is 0.0601. The lowest BCUT2D eigenvalue weighted by atomic mass is 10.1. The Kier molecular flexibility index (Phi) is 6.20. The van der Waals surface area contributed by atoms with Gasteiger partial charge in [0.2, 0.25) is 0 Å². The molecule has 0 aliphatic heterocycles. The maximum atomic E-state index is 12.2. The second-order valence-electron chi connectivity index (χ2n) is 5.67. The smallest absolute Gasteiger partial charge is 0.341 e. The Hall–Kier alpha value is -1.14. The minimum absolute atomic E-state index is 0.270. The van der Waals surface area contributed by atoms with Crippen LogP contribution in [0.4, 0.5) is 5.00 Å². The Balaban J connectivity index is 2.26. The number of methoxy groups -OCH3 is 1. The summed E-state index contributed by atoms with van der Waals surface area (Å²) in [7, 11) is 1.43. The number of carbonyl (C=O) groups is 1. The average Bonchev–Trinajstić information content (AvgIpc) is 2.68. The summed E-state index contributed by atoms with van der Waals surface area (Å²) in [5, 5.41) is 7.82. The lowest BCUT2D eigenvalue weighted by Gasteiger charge is -2.15. The van der Waals surface area contributed by atoms with Crippen molar-refractivity contribution in [1.82, 2.24) is 5.32 Å². The number of thiophene rings is 1. The summed E-state index contributed by atoms with van der Waals surface area (Å²) >= 11 is 7.00. The molecule has 2 rings (SSSR count). The van der Waals surface area contributed by atoms with Crippen molar-refractivity contribution in [2.24, 2.45) is 0 Å². The summed E-state index contributed by atoms with van der Waals surface area (Å²) in [6, 6.07) is 0.305. The Bertz CT molecular complexity index is 555. The standard InChI is InChI=1S/C16H24N2O2S2/c1-4-10(2)17-16(21)18-14-13(15(19)20-3)11-8-6-5-7-9-12(11)22-14/h10H,4-9H2,1-3H3,(H2,17,18,21). The van der Waals surface area contributed by atoms with E-state index in [4.69, 9.17) is 17.0 Å². The summed E-state index contributed by atoms with van der Waals surface area (Å²) in [6.45, 7) is 4.19. The molecule has 0 aromatic carbocycles. The highest BCUT2D eigenvalue weighted by atomic mass is 32.1. The summed E-state index contributed by atoms with van der Waals surface area (Å²) in [4.78, 5) is 13.5. The number of hydrogen-bond acceptors (Lipinski definition) is 4. The van der Waals surface area contributed by atoms with E-state index in [2.05, 4.69) is 24.5 Å². The van der Waals surface area contributed by atoms with E-state index in [1.807, 2.05) is 0 Å². The van der Waals surface area contributed by atoms with Gasteiger partial charge in [-0.15, -0.1) is 11.3 Å². The van der Waals surface area contributed by atoms with E-state index >= 15 is 0 Å². The zero-order chi connectivity index (χ0) is 16.1. The van der Waals surface area contributed by atoms with E-state index in [1.165, 1.54) is 24.8 Å². The van der Waals surface area contributed by atoms with E-state index in [1.54, 1.807) is 11.3 Å². The van der Waals surface area contributed by atoms with Crippen LogP contribution in [-0.2, 0) is 17.6 Å². The Morgan fingerprint density at radius 1 is 1.36 bits per heavy atom. The lowest BCUT2D eigenvalue weighted by Crippen LogP contribution is -2.35. The zero-order valence-corrected chi connectivity index (χ0v) is 15.1. The van der Waals surface area contributed by atoms with Gasteiger partial charge in [0.05, 0.1) is 12.7 Å². The van der Waals surface area contributed by atoms with Crippen LogP contribution >= 0.6 is 23.6 Å². The van der Waals surface area contributed by atoms with Crippen molar-refractivity contribution in [3.05, 3.63) is 16.0 Å². The van der Waals surface area contributed by atoms with Crippen molar-refractivity contribution in [2.45, 2.75) is 58.4 Å². The van der Waals surface area contributed by atoms with Gasteiger partial charge in [-0.2, -0.15) is 0 Å². The molecule has 6 heteroatoms. The van der Waals surface area contributed by atoms with Crippen molar-refractivity contribution in [1.29, 1.82) is 0 Å². The van der Waals surface area contributed by atoms with Crippen LogP contribution in [-0.4, -0.2) is 24.2 Å². The maximum Gasteiger partial charge on any atom is 0.341 e. The van der Waals surface area contributed by atoms with Crippen LogP contribution < -0.4 is 10.6 Å². The Morgan fingerprint density at radius 3 is 2.77 bits per heavy atom. The molecular weight excluding hydrogens is 316 g/mol. The van der Waals surface area contributed by atoms with Crippen LogP contribution in [0, 0.1) is 0 Å². The van der Waals surface area contributed by atoms with Crippen LogP contribution in [0.15, 0.2) is 0 Å². The number of carbonyl (C=O) groups excluding carboxylic acids is 1. The van der Waals surface area contributed by atoms with Crippen molar-refractivity contribution in [2.75, 3.05) is 12.4 Å². The molecule has 0 radical (unpaired) electrons. The number of anilines is 1. The zero-order valence-electron chi connectivity index (χ0n) is 13.5. The van der Waals surface area contributed by atoms with Gasteiger partial charge in [0.15, 0.2) is 5.11 Å². The SMILES string of the molecule is CCC(C)NC(=S)Nc1sc2c(c1C(=O)OC)CCCCC2. The van der Waals surface area contributed by atoms with Crippen molar-refractivity contribution in [3.8, 4) is 0 Å². The van der Waals surface area contributed by atoms with Crippen LogP contribution in [0.3, 0.4) is 0 Å². The molecule has 0 fully saturated rings. The van der Waals surface area contributed by atoms with Gasteiger partial charge in [-0.1, -0.05) is 13.3 Å². The van der Waals surface area contributed by atoms with Crippen molar-refractivity contribution >= 4 is 39.6 Å². The molecule has 4 nitrogen and oxygen atoms in total. The van der Waals surface area contributed by atoms with Gasteiger partial charge in [0.1, 0.15) is 5.00 Å². The summed E-state index contributed by atoms with van der Waals surface area (Å²) < 4.78 is 4.99. The molecule has 1 aromatic rings. The molecule has 1 atom stereocenters. The minimum Gasteiger partial charge on any atom is -0.465 e. The first-order valence-corrected chi connectivity index (χ1v) is 9.09. The third-order valence-corrected chi connectivity index (χ3v) is 5.45. The molecule has 1 heterocycles. The first-order chi connectivity index (χ1) is 10.6. The molecular formula is C16H24N2O2S2. The van der Waals surface area contributed by atoms with Gasteiger partial charge in [-0.25, -0.2) is 4.79 Å². The van der Waals surface area contributed by atoms with Crippen LogP contribution in [0.5, 0.6) is 0 Å². The van der Waals surface area contributed by atoms with E-state index < -0.39 is 0 Å². The molecule has 1 aliphatic carbocycles. The fourth-order valence-corrected chi connectivity index (χ4v) is 4.26. The Morgan fingerprint density at radius 2 is 2.09 bits per heavy atom. The predicted molar refractivity (Wildman–Crippen MR) is 96.0 cm³/mol. The highest BCUT2D eigenvalue weighted by Crippen LogP contribution is 2.37. The number of rotatable bonds is 4. The first-order valence-electron chi connectivity index (χ1n) is 7.87. The third-order valence-electron chi connectivity index (χ3n) is 4.03.